The highest BCUT2D eigenvalue weighted by molar-refractivity contribution is 6.30. The third-order valence-corrected chi connectivity index (χ3v) is 5.89. The number of hydrogen-bond donors (Lipinski definition) is 0. The number of halogens is 1. The number of carbonyl (C=O) groups excluding carboxylic acids is 2. The smallest absolute Gasteiger partial charge is 0.233 e. The van der Waals surface area contributed by atoms with E-state index in [1.807, 2.05) is 29.2 Å². The van der Waals surface area contributed by atoms with Gasteiger partial charge in [0.1, 0.15) is 6.29 Å². The lowest BCUT2D eigenvalue weighted by Crippen LogP contribution is -2.57. The summed E-state index contributed by atoms with van der Waals surface area (Å²) in [5.41, 5.74) is 0.548. The summed E-state index contributed by atoms with van der Waals surface area (Å²) in [6.07, 6.45) is 2.43. The van der Waals surface area contributed by atoms with Gasteiger partial charge in [-0.3, -0.25) is 9.69 Å². The number of piperazine rings is 1. The van der Waals surface area contributed by atoms with Crippen molar-refractivity contribution in [2.75, 3.05) is 52.9 Å². The molecular weight excluding hydrogens is 338 g/mol. The molecule has 1 aromatic carbocycles. The van der Waals surface area contributed by atoms with E-state index in [0.717, 1.165) is 64.0 Å². The van der Waals surface area contributed by atoms with E-state index in [1.54, 1.807) is 0 Å². The van der Waals surface area contributed by atoms with Gasteiger partial charge in [-0.2, -0.15) is 0 Å². The fourth-order valence-corrected chi connectivity index (χ4v) is 4.06. The third-order valence-electron chi connectivity index (χ3n) is 5.64. The van der Waals surface area contributed by atoms with Gasteiger partial charge in [-0.1, -0.05) is 23.7 Å². The van der Waals surface area contributed by atoms with Crippen LogP contribution in [-0.4, -0.2) is 79.8 Å². The lowest BCUT2D eigenvalue weighted by Gasteiger charge is -2.45. The predicted molar refractivity (Wildman–Crippen MR) is 98.9 cm³/mol. The molecular formula is C19H26ClN3O2. The molecule has 0 saturated carbocycles. The molecule has 0 aromatic heterocycles. The van der Waals surface area contributed by atoms with Gasteiger partial charge in [0.05, 0.1) is 12.0 Å². The van der Waals surface area contributed by atoms with E-state index >= 15 is 0 Å². The molecule has 1 aromatic rings. The molecule has 0 atom stereocenters. The lowest BCUT2D eigenvalue weighted by atomic mass is 9.71. The van der Waals surface area contributed by atoms with Crippen molar-refractivity contribution >= 4 is 23.8 Å². The van der Waals surface area contributed by atoms with E-state index in [1.165, 1.54) is 0 Å². The molecule has 2 fully saturated rings. The molecule has 3 rings (SSSR count). The highest BCUT2D eigenvalue weighted by Crippen LogP contribution is 2.38. The average molecular weight is 364 g/mol. The molecule has 0 bridgehead atoms. The number of likely N-dealkylation sites (N-methyl/N-ethyl adjacent to an activating group) is 1. The monoisotopic (exact) mass is 363 g/mol. The van der Waals surface area contributed by atoms with Crippen LogP contribution < -0.4 is 0 Å². The van der Waals surface area contributed by atoms with E-state index < -0.39 is 5.41 Å². The molecule has 5 nitrogen and oxygen atoms in total. The van der Waals surface area contributed by atoms with Gasteiger partial charge < -0.3 is 14.6 Å². The number of piperidine rings is 1. The lowest BCUT2D eigenvalue weighted by molar-refractivity contribution is -0.141. The van der Waals surface area contributed by atoms with Crippen molar-refractivity contribution < 1.29 is 9.59 Å². The minimum absolute atomic E-state index is 0.230. The normalized spacial score (nSPS) is 21.9. The van der Waals surface area contributed by atoms with Gasteiger partial charge in [0, 0.05) is 31.2 Å². The Morgan fingerprint density at radius 2 is 1.68 bits per heavy atom. The Bertz CT molecular complexity index is 604. The van der Waals surface area contributed by atoms with Gasteiger partial charge in [0.15, 0.2) is 0 Å². The maximum atomic E-state index is 13.5. The summed E-state index contributed by atoms with van der Waals surface area (Å²) in [7, 11) is 2.09. The molecule has 0 radical (unpaired) electrons. The van der Waals surface area contributed by atoms with Gasteiger partial charge in [-0.15, -0.1) is 0 Å². The zero-order chi connectivity index (χ0) is 17.9. The third kappa shape index (κ3) is 3.89. The Balaban J connectivity index is 1.85. The molecule has 0 N–H and O–H groups in total. The number of likely N-dealkylation sites (tertiary alicyclic amines) is 1. The summed E-state index contributed by atoms with van der Waals surface area (Å²) in [4.78, 5) is 30.7. The molecule has 2 aliphatic rings. The summed E-state index contributed by atoms with van der Waals surface area (Å²) >= 11 is 6.06. The van der Waals surface area contributed by atoms with Crippen LogP contribution in [0.2, 0.25) is 5.02 Å². The quantitative estimate of drug-likeness (QED) is 0.763. The van der Waals surface area contributed by atoms with Crippen LogP contribution in [0, 0.1) is 0 Å². The maximum absolute atomic E-state index is 13.5. The van der Waals surface area contributed by atoms with Crippen LogP contribution in [0.15, 0.2) is 24.3 Å². The second kappa shape index (κ2) is 7.85. The first-order valence-electron chi connectivity index (χ1n) is 8.95. The fraction of sp³-hybridized carbons (Fsp3) is 0.579. The van der Waals surface area contributed by atoms with E-state index in [2.05, 4.69) is 16.8 Å². The van der Waals surface area contributed by atoms with Crippen LogP contribution >= 0.6 is 11.6 Å². The van der Waals surface area contributed by atoms with Crippen molar-refractivity contribution in [3.05, 3.63) is 34.9 Å². The van der Waals surface area contributed by atoms with Crippen molar-refractivity contribution in [3.63, 3.8) is 0 Å². The Labute approximate surface area is 154 Å². The summed E-state index contributed by atoms with van der Waals surface area (Å²) in [6, 6.07) is 7.72. The fourth-order valence-electron chi connectivity index (χ4n) is 3.93. The zero-order valence-corrected chi connectivity index (χ0v) is 15.5. The van der Waals surface area contributed by atoms with E-state index in [-0.39, 0.29) is 5.91 Å². The van der Waals surface area contributed by atoms with Crippen molar-refractivity contribution in [1.29, 1.82) is 0 Å². The molecule has 2 aliphatic heterocycles. The first-order valence-corrected chi connectivity index (χ1v) is 9.33. The molecule has 1 amide bonds. The molecule has 2 heterocycles. The van der Waals surface area contributed by atoms with Gasteiger partial charge in [0.2, 0.25) is 5.91 Å². The molecule has 0 aliphatic carbocycles. The Morgan fingerprint density at radius 3 is 2.24 bits per heavy atom. The van der Waals surface area contributed by atoms with Crippen LogP contribution in [-0.2, 0) is 15.0 Å². The Morgan fingerprint density at radius 1 is 1.08 bits per heavy atom. The summed E-state index contributed by atoms with van der Waals surface area (Å²) in [5.74, 6) is 0.230. The minimum Gasteiger partial charge on any atom is -0.339 e. The number of carbonyl (C=O) groups is 2. The van der Waals surface area contributed by atoms with Crippen molar-refractivity contribution in [2.24, 2.45) is 0 Å². The number of aldehydes is 1. The number of rotatable bonds is 4. The largest absolute Gasteiger partial charge is 0.339 e. The van der Waals surface area contributed by atoms with Crippen molar-refractivity contribution in [3.8, 4) is 0 Å². The van der Waals surface area contributed by atoms with Crippen LogP contribution in [0.5, 0.6) is 0 Å². The standard InChI is InChI=1S/C19H26ClN3O2/c1-21-10-12-23(13-11-21)18(25)19(16-2-4-17(20)5-3-16)6-8-22(9-7-19)14-15-24/h2-5,15H,6-14H2,1H3. The van der Waals surface area contributed by atoms with Crippen molar-refractivity contribution in [1.82, 2.24) is 14.7 Å². The second-order valence-electron chi connectivity index (χ2n) is 7.15. The van der Waals surface area contributed by atoms with E-state index in [0.29, 0.717) is 11.6 Å². The first kappa shape index (κ1) is 18.4. The minimum atomic E-state index is -0.500. The Kier molecular flexibility index (Phi) is 5.77. The van der Waals surface area contributed by atoms with Gasteiger partial charge in [-0.25, -0.2) is 0 Å². The van der Waals surface area contributed by atoms with Crippen LogP contribution in [0.4, 0.5) is 0 Å². The van der Waals surface area contributed by atoms with Gasteiger partial charge in [-0.05, 0) is 50.7 Å². The van der Waals surface area contributed by atoms with E-state index in [4.69, 9.17) is 11.6 Å². The highest BCUT2D eigenvalue weighted by atomic mass is 35.5. The van der Waals surface area contributed by atoms with E-state index in [9.17, 15) is 9.59 Å². The number of amides is 1. The second-order valence-corrected chi connectivity index (χ2v) is 7.59. The van der Waals surface area contributed by atoms with Crippen LogP contribution in [0.3, 0.4) is 0 Å². The van der Waals surface area contributed by atoms with Crippen LogP contribution in [0.1, 0.15) is 18.4 Å². The maximum Gasteiger partial charge on any atom is 0.233 e. The van der Waals surface area contributed by atoms with Gasteiger partial charge >= 0.3 is 0 Å². The molecule has 25 heavy (non-hydrogen) atoms. The number of benzene rings is 1. The van der Waals surface area contributed by atoms with Crippen molar-refractivity contribution in [2.45, 2.75) is 18.3 Å². The van der Waals surface area contributed by atoms with Crippen LogP contribution in [0.25, 0.3) is 0 Å². The SMILES string of the molecule is CN1CCN(C(=O)C2(c3ccc(Cl)cc3)CCN(CC=O)CC2)CC1. The summed E-state index contributed by atoms with van der Waals surface area (Å²) in [5, 5.41) is 0.685. The first-order chi connectivity index (χ1) is 12.0. The number of hydrogen-bond acceptors (Lipinski definition) is 4. The molecule has 2 saturated heterocycles. The van der Waals surface area contributed by atoms with Gasteiger partial charge in [0.25, 0.3) is 0 Å². The summed E-state index contributed by atoms with van der Waals surface area (Å²) < 4.78 is 0. The highest BCUT2D eigenvalue weighted by Gasteiger charge is 2.45. The number of nitrogens with zero attached hydrogens (tertiary/aromatic N) is 3. The molecule has 6 heteroatoms. The summed E-state index contributed by atoms with van der Waals surface area (Å²) in [6.45, 7) is 5.37. The molecule has 136 valence electrons. The topological polar surface area (TPSA) is 43.9 Å². The molecule has 0 spiro atoms. The predicted octanol–water partition coefficient (Wildman–Crippen LogP) is 1.65. The Hall–Kier alpha value is -1.43. The molecule has 0 unspecified atom stereocenters. The zero-order valence-electron chi connectivity index (χ0n) is 14.8. The average Bonchev–Trinajstić information content (AvgIpc) is 2.63.